The molecular formula is C12H18N2O4S. The van der Waals surface area contributed by atoms with Crippen molar-refractivity contribution < 1.29 is 19.2 Å². The standard InChI is InChI=1S/C12H18N2O4S/c1-7(2)11(12(16)17)19-5-4-10(15)13-9-6-8(3)18-14-9/h6-7,11H,4-5H2,1-3H3,(H,16,17)(H,13,14,15). The molecule has 1 heterocycles. The molecule has 0 saturated carbocycles. The van der Waals surface area contributed by atoms with E-state index in [9.17, 15) is 9.59 Å². The van der Waals surface area contributed by atoms with Gasteiger partial charge in [-0.25, -0.2) is 0 Å². The van der Waals surface area contributed by atoms with Crippen molar-refractivity contribution in [2.24, 2.45) is 5.92 Å². The molecule has 19 heavy (non-hydrogen) atoms. The van der Waals surface area contributed by atoms with Gasteiger partial charge in [0.25, 0.3) is 0 Å². The highest BCUT2D eigenvalue weighted by Gasteiger charge is 2.21. The summed E-state index contributed by atoms with van der Waals surface area (Å²) in [6.07, 6.45) is 0.243. The quantitative estimate of drug-likeness (QED) is 0.798. The van der Waals surface area contributed by atoms with Gasteiger partial charge in [-0.1, -0.05) is 19.0 Å². The summed E-state index contributed by atoms with van der Waals surface area (Å²) in [6.45, 7) is 5.44. The van der Waals surface area contributed by atoms with E-state index >= 15 is 0 Å². The number of anilines is 1. The van der Waals surface area contributed by atoms with Crippen molar-refractivity contribution in [3.63, 3.8) is 0 Å². The SMILES string of the molecule is Cc1cc(NC(=O)CCSC(C(=O)O)C(C)C)no1. The molecule has 0 spiro atoms. The number of hydrogen-bond donors (Lipinski definition) is 2. The normalized spacial score (nSPS) is 12.4. The fraction of sp³-hybridized carbons (Fsp3) is 0.583. The molecule has 0 aromatic carbocycles. The summed E-state index contributed by atoms with van der Waals surface area (Å²) in [5.41, 5.74) is 0. The predicted molar refractivity (Wildman–Crippen MR) is 73.2 cm³/mol. The first-order valence-electron chi connectivity index (χ1n) is 5.97. The molecule has 1 amide bonds. The number of aryl methyl sites for hydroxylation is 1. The number of carbonyl (C=O) groups excluding carboxylic acids is 1. The van der Waals surface area contributed by atoms with Gasteiger partial charge in [0, 0.05) is 18.2 Å². The number of aromatic nitrogens is 1. The third kappa shape index (κ3) is 5.34. The van der Waals surface area contributed by atoms with Crippen molar-refractivity contribution in [1.29, 1.82) is 0 Å². The van der Waals surface area contributed by atoms with Crippen molar-refractivity contribution in [2.75, 3.05) is 11.1 Å². The topological polar surface area (TPSA) is 92.4 Å². The molecule has 0 aliphatic carbocycles. The number of amides is 1. The van der Waals surface area contributed by atoms with Gasteiger partial charge in [0.05, 0.1) is 0 Å². The Bertz CT molecular complexity index is 445. The van der Waals surface area contributed by atoms with E-state index in [2.05, 4.69) is 10.5 Å². The summed E-state index contributed by atoms with van der Waals surface area (Å²) < 4.78 is 4.82. The van der Waals surface area contributed by atoms with E-state index in [1.807, 2.05) is 13.8 Å². The van der Waals surface area contributed by atoms with Crippen molar-refractivity contribution in [3.05, 3.63) is 11.8 Å². The van der Waals surface area contributed by atoms with Gasteiger partial charge in [-0.05, 0) is 12.8 Å². The van der Waals surface area contributed by atoms with Crippen LogP contribution in [0, 0.1) is 12.8 Å². The Kier molecular flexibility index (Phi) is 5.88. The lowest BCUT2D eigenvalue weighted by atomic mass is 10.1. The predicted octanol–water partition coefficient (Wildman–Crippen LogP) is 2.15. The molecule has 6 nitrogen and oxygen atoms in total. The first kappa shape index (κ1) is 15.6. The fourth-order valence-corrected chi connectivity index (χ4v) is 2.54. The van der Waals surface area contributed by atoms with E-state index in [1.165, 1.54) is 11.8 Å². The lowest BCUT2D eigenvalue weighted by Gasteiger charge is -2.15. The lowest BCUT2D eigenvalue weighted by Crippen LogP contribution is -2.23. The van der Waals surface area contributed by atoms with E-state index in [0.717, 1.165) is 0 Å². The van der Waals surface area contributed by atoms with Gasteiger partial charge in [0.1, 0.15) is 11.0 Å². The van der Waals surface area contributed by atoms with Crippen LogP contribution in [-0.2, 0) is 9.59 Å². The molecule has 1 aromatic rings. The van der Waals surface area contributed by atoms with Crippen LogP contribution in [0.25, 0.3) is 0 Å². The summed E-state index contributed by atoms with van der Waals surface area (Å²) in [5.74, 6) is 0.448. The van der Waals surface area contributed by atoms with E-state index in [0.29, 0.717) is 17.3 Å². The van der Waals surface area contributed by atoms with Crippen LogP contribution < -0.4 is 5.32 Å². The van der Waals surface area contributed by atoms with Gasteiger partial charge < -0.3 is 14.9 Å². The Labute approximate surface area is 115 Å². The van der Waals surface area contributed by atoms with E-state index in [4.69, 9.17) is 9.63 Å². The molecule has 0 fully saturated rings. The second-order valence-electron chi connectivity index (χ2n) is 4.49. The number of aliphatic carboxylic acids is 1. The number of nitrogens with zero attached hydrogens (tertiary/aromatic N) is 1. The van der Waals surface area contributed by atoms with Crippen molar-refractivity contribution in [1.82, 2.24) is 5.16 Å². The minimum Gasteiger partial charge on any atom is -0.480 e. The van der Waals surface area contributed by atoms with Crippen LogP contribution >= 0.6 is 11.8 Å². The summed E-state index contributed by atoms with van der Waals surface area (Å²) >= 11 is 1.28. The summed E-state index contributed by atoms with van der Waals surface area (Å²) in [6, 6.07) is 1.62. The molecular weight excluding hydrogens is 268 g/mol. The maximum Gasteiger partial charge on any atom is 0.316 e. The number of carbonyl (C=O) groups is 2. The van der Waals surface area contributed by atoms with E-state index < -0.39 is 11.2 Å². The maximum absolute atomic E-state index is 11.6. The number of hydrogen-bond acceptors (Lipinski definition) is 5. The van der Waals surface area contributed by atoms with Gasteiger partial charge in [-0.3, -0.25) is 9.59 Å². The zero-order valence-electron chi connectivity index (χ0n) is 11.2. The van der Waals surface area contributed by atoms with Gasteiger partial charge in [-0.15, -0.1) is 11.8 Å². The monoisotopic (exact) mass is 286 g/mol. The second-order valence-corrected chi connectivity index (χ2v) is 5.74. The molecule has 7 heteroatoms. The number of carboxylic acids is 1. The van der Waals surface area contributed by atoms with E-state index in [1.54, 1.807) is 13.0 Å². The van der Waals surface area contributed by atoms with Crippen LogP contribution in [0.3, 0.4) is 0 Å². The summed E-state index contributed by atoms with van der Waals surface area (Å²) in [7, 11) is 0. The molecule has 1 atom stereocenters. The number of thioether (sulfide) groups is 1. The van der Waals surface area contributed by atoms with Crippen molar-refractivity contribution >= 4 is 29.5 Å². The highest BCUT2D eigenvalue weighted by Crippen LogP contribution is 2.20. The molecule has 106 valence electrons. The number of carboxylic acid groups (broad SMARTS) is 1. The number of rotatable bonds is 7. The Morgan fingerprint density at radius 1 is 1.53 bits per heavy atom. The summed E-state index contributed by atoms with van der Waals surface area (Å²) in [5, 5.41) is 14.8. The largest absolute Gasteiger partial charge is 0.480 e. The first-order valence-corrected chi connectivity index (χ1v) is 7.02. The zero-order valence-corrected chi connectivity index (χ0v) is 12.0. The Morgan fingerprint density at radius 2 is 2.21 bits per heavy atom. The average Bonchev–Trinajstić information content (AvgIpc) is 2.69. The highest BCUT2D eigenvalue weighted by molar-refractivity contribution is 8.00. The Balaban J connectivity index is 2.32. The van der Waals surface area contributed by atoms with Gasteiger partial charge in [0.15, 0.2) is 5.82 Å². The van der Waals surface area contributed by atoms with Crippen LogP contribution in [-0.4, -0.2) is 33.1 Å². The third-order valence-electron chi connectivity index (χ3n) is 2.37. The molecule has 0 aliphatic heterocycles. The lowest BCUT2D eigenvalue weighted by molar-refractivity contribution is -0.137. The summed E-state index contributed by atoms with van der Waals surface area (Å²) in [4.78, 5) is 22.6. The van der Waals surface area contributed by atoms with Gasteiger partial charge in [-0.2, -0.15) is 0 Å². The van der Waals surface area contributed by atoms with Gasteiger partial charge in [0.2, 0.25) is 5.91 Å². The molecule has 0 saturated heterocycles. The maximum atomic E-state index is 11.6. The van der Waals surface area contributed by atoms with E-state index in [-0.39, 0.29) is 18.2 Å². The molecule has 0 aliphatic rings. The minimum atomic E-state index is -0.840. The van der Waals surface area contributed by atoms with Crippen molar-refractivity contribution in [3.8, 4) is 0 Å². The smallest absolute Gasteiger partial charge is 0.316 e. The van der Waals surface area contributed by atoms with Crippen LogP contribution in [0.2, 0.25) is 0 Å². The molecule has 0 radical (unpaired) electrons. The molecule has 1 unspecified atom stereocenters. The third-order valence-corrected chi connectivity index (χ3v) is 3.92. The molecule has 2 N–H and O–H groups in total. The average molecular weight is 286 g/mol. The van der Waals surface area contributed by atoms with Crippen LogP contribution in [0.1, 0.15) is 26.0 Å². The minimum absolute atomic E-state index is 0.0313. The molecule has 1 aromatic heterocycles. The molecule has 1 rings (SSSR count). The van der Waals surface area contributed by atoms with Crippen LogP contribution in [0.4, 0.5) is 5.82 Å². The Hall–Kier alpha value is -1.50. The Morgan fingerprint density at radius 3 is 2.68 bits per heavy atom. The second kappa shape index (κ2) is 7.18. The molecule has 0 bridgehead atoms. The highest BCUT2D eigenvalue weighted by atomic mass is 32.2. The zero-order chi connectivity index (χ0) is 14.4. The van der Waals surface area contributed by atoms with Crippen LogP contribution in [0.5, 0.6) is 0 Å². The van der Waals surface area contributed by atoms with Crippen LogP contribution in [0.15, 0.2) is 10.6 Å². The van der Waals surface area contributed by atoms with Crippen molar-refractivity contribution in [2.45, 2.75) is 32.4 Å². The van der Waals surface area contributed by atoms with Gasteiger partial charge >= 0.3 is 5.97 Å². The fourth-order valence-electron chi connectivity index (χ4n) is 1.46. The number of nitrogens with one attached hydrogen (secondary N) is 1. The first-order chi connectivity index (χ1) is 8.90.